The van der Waals surface area contributed by atoms with E-state index in [1.807, 2.05) is 12.1 Å². The van der Waals surface area contributed by atoms with Gasteiger partial charge in [0.2, 0.25) is 0 Å². The molecule has 0 saturated carbocycles. The molecular formula is C13H12BrClN2O2. The highest BCUT2D eigenvalue weighted by Gasteiger charge is 2.05. The topological polar surface area (TPSA) is 54.4 Å². The Morgan fingerprint density at radius 1 is 1.42 bits per heavy atom. The molecule has 0 atom stereocenters. The van der Waals surface area contributed by atoms with Gasteiger partial charge in [0.15, 0.2) is 16.7 Å². The van der Waals surface area contributed by atoms with Crippen LogP contribution >= 0.6 is 27.5 Å². The van der Waals surface area contributed by atoms with Crippen molar-refractivity contribution >= 4 is 33.2 Å². The van der Waals surface area contributed by atoms with E-state index in [0.717, 1.165) is 15.7 Å². The summed E-state index contributed by atoms with van der Waals surface area (Å²) in [5, 5.41) is 13.1. The van der Waals surface area contributed by atoms with Gasteiger partial charge in [-0.15, -0.1) is 0 Å². The Morgan fingerprint density at radius 3 is 2.95 bits per heavy atom. The molecule has 0 unspecified atom stereocenters. The summed E-state index contributed by atoms with van der Waals surface area (Å²) in [5.41, 5.74) is 1.70. The largest absolute Gasteiger partial charge is 0.504 e. The predicted octanol–water partition coefficient (Wildman–Crippen LogP) is 3.82. The van der Waals surface area contributed by atoms with Crippen LogP contribution in [0.1, 0.15) is 5.56 Å². The van der Waals surface area contributed by atoms with E-state index in [1.165, 1.54) is 7.11 Å². The number of halogens is 2. The SMILES string of the molecule is COc1cc(CNc2cc(Br)cnc2Cl)ccc1O. The maximum Gasteiger partial charge on any atom is 0.160 e. The number of phenolic OH excluding ortho intramolecular Hbond substituents is 1. The summed E-state index contributed by atoms with van der Waals surface area (Å²) < 4.78 is 5.91. The van der Waals surface area contributed by atoms with Gasteiger partial charge in [-0.05, 0) is 39.7 Å². The molecule has 4 nitrogen and oxygen atoms in total. The fourth-order valence-corrected chi connectivity index (χ4v) is 2.08. The van der Waals surface area contributed by atoms with Crippen molar-refractivity contribution in [1.29, 1.82) is 0 Å². The smallest absolute Gasteiger partial charge is 0.160 e. The molecule has 19 heavy (non-hydrogen) atoms. The number of benzene rings is 1. The molecule has 0 fully saturated rings. The molecule has 0 radical (unpaired) electrons. The van der Waals surface area contributed by atoms with Gasteiger partial charge in [0.1, 0.15) is 0 Å². The molecule has 0 aliphatic heterocycles. The van der Waals surface area contributed by atoms with Crippen LogP contribution in [-0.2, 0) is 6.54 Å². The second kappa shape index (κ2) is 6.12. The molecule has 0 aliphatic rings. The van der Waals surface area contributed by atoms with Gasteiger partial charge in [0.25, 0.3) is 0 Å². The lowest BCUT2D eigenvalue weighted by molar-refractivity contribution is 0.373. The van der Waals surface area contributed by atoms with Crippen molar-refractivity contribution in [1.82, 2.24) is 4.98 Å². The van der Waals surface area contributed by atoms with Crippen molar-refractivity contribution in [2.75, 3.05) is 12.4 Å². The summed E-state index contributed by atoms with van der Waals surface area (Å²) in [6.45, 7) is 0.550. The first-order valence-corrected chi connectivity index (χ1v) is 6.68. The highest BCUT2D eigenvalue weighted by Crippen LogP contribution is 2.27. The number of hydrogen-bond acceptors (Lipinski definition) is 4. The number of pyridine rings is 1. The second-order valence-electron chi connectivity index (χ2n) is 3.85. The molecule has 2 aromatic rings. The summed E-state index contributed by atoms with van der Waals surface area (Å²) in [6, 6.07) is 7.02. The summed E-state index contributed by atoms with van der Waals surface area (Å²) in [6.07, 6.45) is 1.64. The van der Waals surface area contributed by atoms with E-state index < -0.39 is 0 Å². The van der Waals surface area contributed by atoms with Crippen LogP contribution in [0.25, 0.3) is 0 Å². The predicted molar refractivity (Wildman–Crippen MR) is 78.9 cm³/mol. The van der Waals surface area contributed by atoms with E-state index in [1.54, 1.807) is 18.3 Å². The second-order valence-corrected chi connectivity index (χ2v) is 5.13. The zero-order chi connectivity index (χ0) is 13.8. The lowest BCUT2D eigenvalue weighted by Gasteiger charge is -2.10. The molecule has 0 bridgehead atoms. The van der Waals surface area contributed by atoms with Crippen molar-refractivity contribution in [3.63, 3.8) is 0 Å². The summed E-state index contributed by atoms with van der Waals surface area (Å²) in [5.74, 6) is 0.561. The molecule has 100 valence electrons. The van der Waals surface area contributed by atoms with E-state index in [2.05, 4.69) is 26.2 Å². The molecule has 0 amide bonds. The first kappa shape index (κ1) is 14.0. The van der Waals surface area contributed by atoms with Crippen LogP contribution in [0.2, 0.25) is 5.15 Å². The summed E-state index contributed by atoms with van der Waals surface area (Å²) in [7, 11) is 1.52. The van der Waals surface area contributed by atoms with Gasteiger partial charge < -0.3 is 15.2 Å². The molecule has 0 aliphatic carbocycles. The number of nitrogens with zero attached hydrogens (tertiary/aromatic N) is 1. The molecule has 0 saturated heterocycles. The van der Waals surface area contributed by atoms with E-state index in [-0.39, 0.29) is 5.75 Å². The fraction of sp³-hybridized carbons (Fsp3) is 0.154. The van der Waals surface area contributed by atoms with Crippen molar-refractivity contribution in [2.24, 2.45) is 0 Å². The fourth-order valence-electron chi connectivity index (χ4n) is 1.58. The lowest BCUT2D eigenvalue weighted by Crippen LogP contribution is -2.01. The number of aromatic nitrogens is 1. The van der Waals surface area contributed by atoms with E-state index in [4.69, 9.17) is 16.3 Å². The molecule has 2 rings (SSSR count). The van der Waals surface area contributed by atoms with Crippen molar-refractivity contribution in [3.8, 4) is 11.5 Å². The number of phenols is 1. The third-order valence-electron chi connectivity index (χ3n) is 2.53. The van der Waals surface area contributed by atoms with Gasteiger partial charge in [0.05, 0.1) is 12.8 Å². The maximum atomic E-state index is 9.52. The van der Waals surface area contributed by atoms with Gasteiger partial charge >= 0.3 is 0 Å². The number of rotatable bonds is 4. The van der Waals surface area contributed by atoms with Crippen LogP contribution in [0.15, 0.2) is 34.9 Å². The first-order valence-electron chi connectivity index (χ1n) is 5.51. The maximum absolute atomic E-state index is 9.52. The summed E-state index contributed by atoms with van der Waals surface area (Å²) >= 11 is 9.33. The zero-order valence-electron chi connectivity index (χ0n) is 10.2. The Balaban J connectivity index is 2.12. The van der Waals surface area contributed by atoms with Crippen LogP contribution in [0.5, 0.6) is 11.5 Å². The molecule has 0 spiro atoms. The standard InChI is InChI=1S/C13H12BrClN2O2/c1-19-12-4-8(2-3-11(12)18)6-16-10-5-9(14)7-17-13(10)15/h2-5,7,16,18H,6H2,1H3. The van der Waals surface area contributed by atoms with Crippen molar-refractivity contribution in [2.45, 2.75) is 6.54 Å². The minimum Gasteiger partial charge on any atom is -0.504 e. The van der Waals surface area contributed by atoms with Gasteiger partial charge in [-0.1, -0.05) is 17.7 Å². The number of anilines is 1. The minimum absolute atomic E-state index is 0.119. The van der Waals surface area contributed by atoms with Crippen LogP contribution in [0, 0.1) is 0 Å². The normalized spacial score (nSPS) is 10.3. The van der Waals surface area contributed by atoms with E-state index in [9.17, 15) is 5.11 Å². The number of aromatic hydroxyl groups is 1. The van der Waals surface area contributed by atoms with Crippen molar-refractivity contribution < 1.29 is 9.84 Å². The molecular weight excluding hydrogens is 332 g/mol. The Hall–Kier alpha value is -1.46. The quantitative estimate of drug-likeness (QED) is 0.829. The number of ether oxygens (including phenoxy) is 1. The third kappa shape index (κ3) is 3.52. The van der Waals surface area contributed by atoms with Crippen molar-refractivity contribution in [3.05, 3.63) is 45.7 Å². The molecule has 2 N–H and O–H groups in total. The Morgan fingerprint density at radius 2 is 2.21 bits per heavy atom. The van der Waals surface area contributed by atoms with Crippen LogP contribution in [0.4, 0.5) is 5.69 Å². The summed E-state index contributed by atoms with van der Waals surface area (Å²) in [4.78, 5) is 4.03. The average molecular weight is 344 g/mol. The van der Waals surface area contributed by atoms with Gasteiger partial charge in [-0.2, -0.15) is 0 Å². The Bertz CT molecular complexity index is 593. The molecule has 6 heteroatoms. The third-order valence-corrected chi connectivity index (χ3v) is 3.27. The number of nitrogens with one attached hydrogen (secondary N) is 1. The molecule has 1 heterocycles. The number of hydrogen-bond donors (Lipinski definition) is 2. The van der Waals surface area contributed by atoms with Gasteiger partial charge in [-0.25, -0.2) is 4.98 Å². The average Bonchev–Trinajstić information content (AvgIpc) is 2.41. The minimum atomic E-state index is 0.119. The lowest BCUT2D eigenvalue weighted by atomic mass is 10.2. The highest BCUT2D eigenvalue weighted by molar-refractivity contribution is 9.10. The Kier molecular flexibility index (Phi) is 4.50. The van der Waals surface area contributed by atoms with Crippen LogP contribution in [-0.4, -0.2) is 17.2 Å². The monoisotopic (exact) mass is 342 g/mol. The van der Waals surface area contributed by atoms with Gasteiger partial charge in [0, 0.05) is 17.2 Å². The van der Waals surface area contributed by atoms with Crippen LogP contribution < -0.4 is 10.1 Å². The van der Waals surface area contributed by atoms with E-state index >= 15 is 0 Å². The molecule has 1 aromatic heterocycles. The number of methoxy groups -OCH3 is 1. The molecule has 1 aromatic carbocycles. The zero-order valence-corrected chi connectivity index (χ0v) is 12.5. The first-order chi connectivity index (χ1) is 9.10. The van der Waals surface area contributed by atoms with Gasteiger partial charge in [-0.3, -0.25) is 0 Å². The Labute approximate surface area is 124 Å². The van der Waals surface area contributed by atoms with Crippen LogP contribution in [0.3, 0.4) is 0 Å². The highest BCUT2D eigenvalue weighted by atomic mass is 79.9. The van der Waals surface area contributed by atoms with E-state index in [0.29, 0.717) is 17.4 Å².